The van der Waals surface area contributed by atoms with Crippen LogP contribution in [0.25, 0.3) is 0 Å². The van der Waals surface area contributed by atoms with Gasteiger partial charge in [0.05, 0.1) is 23.2 Å². The van der Waals surface area contributed by atoms with Gasteiger partial charge >= 0.3 is 18.3 Å². The highest BCUT2D eigenvalue weighted by molar-refractivity contribution is 5.97. The molecule has 0 radical (unpaired) electrons. The summed E-state index contributed by atoms with van der Waals surface area (Å²) in [4.78, 5) is 34.5. The SMILES string of the molecule is COC(=O)[C@H](Cc1ccc([N+](=O)[O-])cc1)NC(=O)c1cc(C(F)(F)F)cc(C(F)(F)F)c1. The molecule has 0 aliphatic heterocycles. The van der Waals surface area contributed by atoms with E-state index in [2.05, 4.69) is 4.74 Å². The summed E-state index contributed by atoms with van der Waals surface area (Å²) in [6.45, 7) is 0. The lowest BCUT2D eigenvalue weighted by Crippen LogP contribution is -2.43. The van der Waals surface area contributed by atoms with Crippen LogP contribution in [0.5, 0.6) is 0 Å². The van der Waals surface area contributed by atoms with Gasteiger partial charge in [-0.25, -0.2) is 4.79 Å². The molecule has 2 aromatic rings. The number of carbonyl (C=O) groups excluding carboxylic acids is 2. The normalized spacial score (nSPS) is 12.7. The number of nitro groups is 1. The summed E-state index contributed by atoms with van der Waals surface area (Å²) < 4.78 is 82.5. The van der Waals surface area contributed by atoms with Gasteiger partial charge in [-0.05, 0) is 23.8 Å². The lowest BCUT2D eigenvalue weighted by Gasteiger charge is -2.18. The Kier molecular flexibility index (Phi) is 7.11. The molecule has 0 fully saturated rings. The van der Waals surface area contributed by atoms with Gasteiger partial charge in [0.15, 0.2) is 0 Å². The first-order chi connectivity index (χ1) is 14.7. The molecule has 32 heavy (non-hydrogen) atoms. The van der Waals surface area contributed by atoms with Crippen molar-refractivity contribution in [1.29, 1.82) is 0 Å². The van der Waals surface area contributed by atoms with Crippen LogP contribution in [0.3, 0.4) is 0 Å². The van der Waals surface area contributed by atoms with Gasteiger partial charge in [-0.1, -0.05) is 12.1 Å². The van der Waals surface area contributed by atoms with Crippen molar-refractivity contribution >= 4 is 17.6 Å². The van der Waals surface area contributed by atoms with Crippen molar-refractivity contribution in [2.75, 3.05) is 7.11 Å². The molecule has 1 N–H and O–H groups in total. The van der Waals surface area contributed by atoms with Crippen molar-refractivity contribution in [2.24, 2.45) is 0 Å². The molecule has 172 valence electrons. The van der Waals surface area contributed by atoms with E-state index in [-0.39, 0.29) is 30.3 Å². The van der Waals surface area contributed by atoms with Gasteiger partial charge < -0.3 is 10.1 Å². The Morgan fingerprint density at radius 1 is 1.00 bits per heavy atom. The zero-order valence-corrected chi connectivity index (χ0v) is 16.1. The van der Waals surface area contributed by atoms with E-state index in [1.54, 1.807) is 0 Å². The second-order valence-corrected chi connectivity index (χ2v) is 6.47. The van der Waals surface area contributed by atoms with Crippen molar-refractivity contribution in [2.45, 2.75) is 24.8 Å². The second kappa shape index (κ2) is 9.24. The molecule has 1 atom stereocenters. The number of benzene rings is 2. The van der Waals surface area contributed by atoms with Gasteiger partial charge in [-0.3, -0.25) is 14.9 Å². The molecule has 0 aliphatic rings. The molecule has 0 unspecified atom stereocenters. The molecule has 1 amide bonds. The summed E-state index contributed by atoms with van der Waals surface area (Å²) in [6, 6.07) is 3.61. The minimum absolute atomic E-state index is 0.133. The molecule has 0 heterocycles. The average Bonchev–Trinajstić information content (AvgIpc) is 2.71. The maximum absolute atomic E-state index is 13.0. The van der Waals surface area contributed by atoms with Crippen molar-refractivity contribution in [1.82, 2.24) is 5.32 Å². The first-order valence-corrected chi connectivity index (χ1v) is 8.64. The van der Waals surface area contributed by atoms with Crippen LogP contribution in [0.1, 0.15) is 27.0 Å². The predicted octanol–water partition coefficient (Wildman–Crippen LogP) is 4.15. The average molecular weight is 464 g/mol. The molecule has 2 rings (SSSR count). The zero-order valence-electron chi connectivity index (χ0n) is 16.1. The number of non-ortho nitro benzene ring substituents is 1. The molecule has 0 saturated heterocycles. The monoisotopic (exact) mass is 464 g/mol. The van der Waals surface area contributed by atoms with E-state index in [1.165, 1.54) is 12.1 Å². The number of nitrogens with one attached hydrogen (secondary N) is 1. The lowest BCUT2D eigenvalue weighted by molar-refractivity contribution is -0.384. The Morgan fingerprint density at radius 2 is 1.50 bits per heavy atom. The van der Waals surface area contributed by atoms with Crippen molar-refractivity contribution < 1.29 is 45.6 Å². The summed E-state index contributed by atoms with van der Waals surface area (Å²) in [5.74, 6) is -2.40. The molecule has 0 spiro atoms. The number of alkyl halides is 6. The highest BCUT2D eigenvalue weighted by Gasteiger charge is 2.38. The molecular weight excluding hydrogens is 450 g/mol. The van der Waals surface area contributed by atoms with Crippen LogP contribution in [-0.2, 0) is 28.3 Å². The summed E-state index contributed by atoms with van der Waals surface area (Å²) in [7, 11) is 0.962. The third-order valence-corrected chi connectivity index (χ3v) is 4.23. The molecular formula is C19H14F6N2O5. The van der Waals surface area contributed by atoms with Gasteiger partial charge in [0.1, 0.15) is 6.04 Å². The summed E-state index contributed by atoms with van der Waals surface area (Å²) in [5.41, 5.74) is -4.29. The number of carbonyl (C=O) groups is 2. The molecule has 0 aromatic heterocycles. The van der Waals surface area contributed by atoms with E-state index in [9.17, 15) is 46.0 Å². The number of halogens is 6. The van der Waals surface area contributed by atoms with Crippen molar-refractivity contribution in [3.63, 3.8) is 0 Å². The topological polar surface area (TPSA) is 98.5 Å². The van der Waals surface area contributed by atoms with Gasteiger partial charge in [0, 0.05) is 24.1 Å². The number of hydrogen-bond donors (Lipinski definition) is 1. The number of hydrogen-bond acceptors (Lipinski definition) is 5. The number of methoxy groups -OCH3 is 1. The van der Waals surface area contributed by atoms with E-state index in [4.69, 9.17) is 0 Å². The number of rotatable bonds is 6. The molecule has 2 aromatic carbocycles. The molecule has 0 saturated carbocycles. The minimum atomic E-state index is -5.16. The number of esters is 1. The highest BCUT2D eigenvalue weighted by Crippen LogP contribution is 2.36. The first-order valence-electron chi connectivity index (χ1n) is 8.64. The minimum Gasteiger partial charge on any atom is -0.467 e. The highest BCUT2D eigenvalue weighted by atomic mass is 19.4. The summed E-state index contributed by atoms with van der Waals surface area (Å²) >= 11 is 0. The van der Waals surface area contributed by atoms with Gasteiger partial charge in [-0.2, -0.15) is 26.3 Å². The van der Waals surface area contributed by atoms with E-state index < -0.39 is 51.9 Å². The second-order valence-electron chi connectivity index (χ2n) is 6.47. The number of nitro benzene ring substituents is 1. The summed E-state index contributed by atoms with van der Waals surface area (Å²) in [5, 5.41) is 12.7. The van der Waals surface area contributed by atoms with Crippen LogP contribution in [-0.4, -0.2) is 30.0 Å². The Labute approximate surface area is 176 Å². The van der Waals surface area contributed by atoms with Crippen LogP contribution in [0, 0.1) is 10.1 Å². The third kappa shape index (κ3) is 6.18. The summed E-state index contributed by atoms with van der Waals surface area (Å²) in [6.07, 6.45) is -10.6. The Bertz CT molecular complexity index is 986. The lowest BCUT2D eigenvalue weighted by atomic mass is 10.0. The Morgan fingerprint density at radius 3 is 1.91 bits per heavy atom. The molecule has 7 nitrogen and oxygen atoms in total. The molecule has 13 heteroatoms. The Hall–Kier alpha value is -3.64. The van der Waals surface area contributed by atoms with E-state index >= 15 is 0 Å². The molecule has 0 bridgehead atoms. The quantitative estimate of drug-likeness (QED) is 0.300. The predicted molar refractivity (Wildman–Crippen MR) is 96.5 cm³/mol. The van der Waals surface area contributed by atoms with Crippen LogP contribution in [0.2, 0.25) is 0 Å². The van der Waals surface area contributed by atoms with Crippen molar-refractivity contribution in [3.05, 3.63) is 74.8 Å². The van der Waals surface area contributed by atoms with Crippen LogP contribution >= 0.6 is 0 Å². The Balaban J connectivity index is 2.35. The van der Waals surface area contributed by atoms with Crippen LogP contribution in [0.4, 0.5) is 32.0 Å². The first kappa shape index (κ1) is 24.6. The van der Waals surface area contributed by atoms with Crippen molar-refractivity contribution in [3.8, 4) is 0 Å². The van der Waals surface area contributed by atoms with Gasteiger partial charge in [0.25, 0.3) is 11.6 Å². The largest absolute Gasteiger partial charge is 0.467 e. The van der Waals surface area contributed by atoms with E-state index in [0.29, 0.717) is 5.56 Å². The maximum Gasteiger partial charge on any atom is 0.416 e. The molecule has 0 aliphatic carbocycles. The van der Waals surface area contributed by atoms with Crippen LogP contribution in [0.15, 0.2) is 42.5 Å². The van der Waals surface area contributed by atoms with E-state index in [0.717, 1.165) is 19.2 Å². The number of amides is 1. The number of nitrogens with zero attached hydrogens (tertiary/aromatic N) is 1. The standard InChI is InChI=1S/C19H14F6N2O5/c1-32-17(29)15(6-10-2-4-14(5-3-10)27(30)31)26-16(28)11-7-12(18(20,21)22)9-13(8-11)19(23,24)25/h2-5,7-9,15H,6H2,1H3,(H,26,28)/t15-/m0/s1. The zero-order chi connectivity index (χ0) is 24.3. The smallest absolute Gasteiger partial charge is 0.416 e. The third-order valence-electron chi connectivity index (χ3n) is 4.23. The van der Waals surface area contributed by atoms with Crippen LogP contribution < -0.4 is 5.32 Å². The fraction of sp³-hybridized carbons (Fsp3) is 0.263. The maximum atomic E-state index is 13.0. The van der Waals surface area contributed by atoms with Gasteiger partial charge in [0.2, 0.25) is 0 Å². The number of ether oxygens (including phenoxy) is 1. The fourth-order valence-electron chi connectivity index (χ4n) is 2.65. The van der Waals surface area contributed by atoms with Gasteiger partial charge in [-0.15, -0.1) is 0 Å². The van der Waals surface area contributed by atoms with E-state index in [1.807, 2.05) is 5.32 Å². The fourth-order valence-corrected chi connectivity index (χ4v) is 2.65.